The smallest absolute Gasteiger partial charge is 0.148 e. The number of anilines is 1. The molecule has 0 radical (unpaired) electrons. The van der Waals surface area contributed by atoms with Gasteiger partial charge in [0.25, 0.3) is 0 Å². The molecule has 1 aromatic carbocycles. The predicted molar refractivity (Wildman–Crippen MR) is 76.0 cm³/mol. The summed E-state index contributed by atoms with van der Waals surface area (Å²) < 4.78 is 0. The van der Waals surface area contributed by atoms with Crippen LogP contribution in [0, 0.1) is 6.92 Å². The molecule has 2 aromatic rings. The van der Waals surface area contributed by atoms with Crippen LogP contribution in [0.3, 0.4) is 0 Å². The van der Waals surface area contributed by atoms with Crippen LogP contribution in [-0.4, -0.2) is 16.2 Å². The van der Waals surface area contributed by atoms with Crippen molar-refractivity contribution in [3.05, 3.63) is 40.9 Å². The summed E-state index contributed by atoms with van der Waals surface area (Å²) in [6, 6.07) is 10.0. The average Bonchev–Trinajstić information content (AvgIpc) is 2.33. The van der Waals surface area contributed by atoms with Gasteiger partial charge in [0.1, 0.15) is 5.82 Å². The Morgan fingerprint density at radius 1 is 1.11 bits per heavy atom. The lowest BCUT2D eigenvalue weighted by Gasteiger charge is -2.09. The van der Waals surface area contributed by atoms with Crippen molar-refractivity contribution in [3.63, 3.8) is 0 Å². The van der Waals surface area contributed by atoms with E-state index in [2.05, 4.69) is 29.4 Å². The first-order chi connectivity index (χ1) is 8.56. The highest BCUT2D eigenvalue weighted by atomic mass is 35.5. The largest absolute Gasteiger partial charge is 0.366 e. The van der Waals surface area contributed by atoms with Crippen molar-refractivity contribution in [2.24, 2.45) is 0 Å². The van der Waals surface area contributed by atoms with Crippen LogP contribution in [0.2, 0.25) is 5.02 Å². The maximum Gasteiger partial charge on any atom is 0.148 e. The molecule has 0 aliphatic rings. The molecule has 0 aliphatic heterocycles. The number of aromatic nitrogens is 2. The van der Waals surface area contributed by atoms with Crippen LogP contribution in [0.1, 0.15) is 19.4 Å². The van der Waals surface area contributed by atoms with E-state index in [1.807, 2.05) is 37.3 Å². The summed E-state index contributed by atoms with van der Waals surface area (Å²) >= 11 is 6.01. The number of nitrogens with zero attached hydrogens (tertiary/aromatic N) is 2. The standard InChI is InChI=1S/C14H16ClN3/c1-9(2)16-14-7-6-13(17-18-14)12-8-11(15)5-4-10(12)3/h4-9H,1-3H3,(H,16,18). The van der Waals surface area contributed by atoms with E-state index in [1.54, 1.807) is 0 Å². The SMILES string of the molecule is Cc1ccc(Cl)cc1-c1ccc(NC(C)C)nn1. The second kappa shape index (κ2) is 5.36. The van der Waals surface area contributed by atoms with E-state index < -0.39 is 0 Å². The fraction of sp³-hybridized carbons (Fsp3) is 0.286. The fourth-order valence-electron chi connectivity index (χ4n) is 1.72. The van der Waals surface area contributed by atoms with Gasteiger partial charge < -0.3 is 5.32 Å². The molecule has 1 N–H and O–H groups in total. The Bertz CT molecular complexity index is 535. The van der Waals surface area contributed by atoms with Crippen LogP contribution in [0.15, 0.2) is 30.3 Å². The molecule has 0 aliphatic carbocycles. The van der Waals surface area contributed by atoms with E-state index in [0.717, 1.165) is 22.6 Å². The molecule has 0 atom stereocenters. The van der Waals surface area contributed by atoms with E-state index in [1.165, 1.54) is 0 Å². The van der Waals surface area contributed by atoms with E-state index in [-0.39, 0.29) is 0 Å². The molecule has 3 nitrogen and oxygen atoms in total. The van der Waals surface area contributed by atoms with Gasteiger partial charge in [-0.25, -0.2) is 0 Å². The third kappa shape index (κ3) is 2.99. The van der Waals surface area contributed by atoms with Crippen molar-refractivity contribution in [2.45, 2.75) is 26.8 Å². The normalized spacial score (nSPS) is 10.7. The molecule has 0 saturated heterocycles. The lowest BCUT2D eigenvalue weighted by molar-refractivity contribution is 0.874. The molecule has 0 amide bonds. The van der Waals surface area contributed by atoms with Gasteiger partial charge in [-0.1, -0.05) is 17.7 Å². The Labute approximate surface area is 112 Å². The minimum absolute atomic E-state index is 0.345. The minimum Gasteiger partial charge on any atom is -0.366 e. The molecular formula is C14H16ClN3. The molecule has 94 valence electrons. The molecule has 0 spiro atoms. The molecule has 1 aromatic heterocycles. The number of rotatable bonds is 3. The van der Waals surface area contributed by atoms with E-state index in [0.29, 0.717) is 11.1 Å². The first-order valence-electron chi connectivity index (χ1n) is 5.93. The Balaban J connectivity index is 2.31. The molecule has 1 heterocycles. The van der Waals surface area contributed by atoms with Gasteiger partial charge in [-0.2, -0.15) is 0 Å². The first kappa shape index (κ1) is 12.8. The summed E-state index contributed by atoms with van der Waals surface area (Å²) in [5, 5.41) is 12.3. The van der Waals surface area contributed by atoms with E-state index in [4.69, 9.17) is 11.6 Å². The summed E-state index contributed by atoms with van der Waals surface area (Å²) in [5.41, 5.74) is 2.99. The van der Waals surface area contributed by atoms with Gasteiger partial charge in [0.15, 0.2) is 0 Å². The molecule has 4 heteroatoms. The maximum atomic E-state index is 6.01. The summed E-state index contributed by atoms with van der Waals surface area (Å²) in [6.07, 6.45) is 0. The molecular weight excluding hydrogens is 246 g/mol. The average molecular weight is 262 g/mol. The molecule has 18 heavy (non-hydrogen) atoms. The zero-order valence-electron chi connectivity index (χ0n) is 10.7. The molecule has 0 bridgehead atoms. The van der Waals surface area contributed by atoms with E-state index >= 15 is 0 Å². The fourth-order valence-corrected chi connectivity index (χ4v) is 1.89. The summed E-state index contributed by atoms with van der Waals surface area (Å²) in [7, 11) is 0. The zero-order valence-corrected chi connectivity index (χ0v) is 11.5. The third-order valence-corrected chi connectivity index (χ3v) is 2.81. The van der Waals surface area contributed by atoms with Crippen LogP contribution in [-0.2, 0) is 0 Å². The van der Waals surface area contributed by atoms with Crippen LogP contribution < -0.4 is 5.32 Å². The molecule has 0 unspecified atom stereocenters. The van der Waals surface area contributed by atoms with Crippen LogP contribution >= 0.6 is 11.6 Å². The highest BCUT2D eigenvalue weighted by Crippen LogP contribution is 2.25. The zero-order chi connectivity index (χ0) is 13.1. The van der Waals surface area contributed by atoms with Gasteiger partial charge in [0.2, 0.25) is 0 Å². The number of halogens is 1. The number of benzene rings is 1. The lowest BCUT2D eigenvalue weighted by atomic mass is 10.1. The van der Waals surface area contributed by atoms with Gasteiger partial charge in [-0.05, 0) is 50.6 Å². The van der Waals surface area contributed by atoms with Gasteiger partial charge in [0, 0.05) is 16.6 Å². The van der Waals surface area contributed by atoms with Crippen LogP contribution in [0.4, 0.5) is 5.82 Å². The Kier molecular flexibility index (Phi) is 3.82. The highest BCUT2D eigenvalue weighted by Gasteiger charge is 2.05. The lowest BCUT2D eigenvalue weighted by Crippen LogP contribution is -2.11. The Morgan fingerprint density at radius 3 is 2.50 bits per heavy atom. The van der Waals surface area contributed by atoms with Crippen molar-refractivity contribution in [3.8, 4) is 11.3 Å². The molecule has 2 rings (SSSR count). The summed E-state index contributed by atoms with van der Waals surface area (Å²) in [6.45, 7) is 6.17. The van der Waals surface area contributed by atoms with Crippen LogP contribution in [0.25, 0.3) is 11.3 Å². The van der Waals surface area contributed by atoms with Crippen molar-refractivity contribution < 1.29 is 0 Å². The quantitative estimate of drug-likeness (QED) is 0.910. The topological polar surface area (TPSA) is 37.8 Å². The van der Waals surface area contributed by atoms with Crippen molar-refractivity contribution in [1.82, 2.24) is 10.2 Å². The van der Waals surface area contributed by atoms with Crippen molar-refractivity contribution in [1.29, 1.82) is 0 Å². The second-order valence-corrected chi connectivity index (χ2v) is 5.00. The van der Waals surface area contributed by atoms with Gasteiger partial charge in [-0.15, -0.1) is 10.2 Å². The number of hydrogen-bond donors (Lipinski definition) is 1. The Morgan fingerprint density at radius 2 is 1.89 bits per heavy atom. The number of hydrogen-bond acceptors (Lipinski definition) is 3. The predicted octanol–water partition coefficient (Wildman–Crippen LogP) is 3.93. The molecule has 0 fully saturated rings. The van der Waals surface area contributed by atoms with Crippen LogP contribution in [0.5, 0.6) is 0 Å². The first-order valence-corrected chi connectivity index (χ1v) is 6.31. The number of nitrogens with one attached hydrogen (secondary N) is 1. The van der Waals surface area contributed by atoms with Crippen molar-refractivity contribution >= 4 is 17.4 Å². The monoisotopic (exact) mass is 261 g/mol. The van der Waals surface area contributed by atoms with Gasteiger partial charge in [0.05, 0.1) is 5.69 Å². The molecule has 0 saturated carbocycles. The van der Waals surface area contributed by atoms with Crippen molar-refractivity contribution in [2.75, 3.05) is 5.32 Å². The third-order valence-electron chi connectivity index (χ3n) is 2.58. The van der Waals surface area contributed by atoms with E-state index in [9.17, 15) is 0 Å². The Hall–Kier alpha value is -1.61. The second-order valence-electron chi connectivity index (χ2n) is 4.56. The number of aryl methyl sites for hydroxylation is 1. The summed E-state index contributed by atoms with van der Waals surface area (Å²) in [5.74, 6) is 0.786. The van der Waals surface area contributed by atoms with Gasteiger partial charge in [-0.3, -0.25) is 0 Å². The van der Waals surface area contributed by atoms with Gasteiger partial charge >= 0.3 is 0 Å². The maximum absolute atomic E-state index is 6.01. The highest BCUT2D eigenvalue weighted by molar-refractivity contribution is 6.30. The minimum atomic E-state index is 0.345. The summed E-state index contributed by atoms with van der Waals surface area (Å²) in [4.78, 5) is 0.